The van der Waals surface area contributed by atoms with Crippen LogP contribution in [0.2, 0.25) is 0 Å². The van der Waals surface area contributed by atoms with Gasteiger partial charge >= 0.3 is 0 Å². The lowest BCUT2D eigenvalue weighted by Crippen LogP contribution is -1.95. The Morgan fingerprint density at radius 1 is 1.17 bits per heavy atom. The Labute approximate surface area is 102 Å². The molecule has 2 aromatic heterocycles. The van der Waals surface area contributed by atoms with Gasteiger partial charge in [-0.25, -0.2) is 15.0 Å². The maximum Gasteiger partial charge on any atom is 0.181 e. The number of hydrogen-bond acceptors (Lipinski definition) is 6. The van der Waals surface area contributed by atoms with E-state index in [1.165, 1.54) is 12.7 Å². The average Bonchev–Trinajstić information content (AvgIpc) is 2.86. The lowest BCUT2D eigenvalue weighted by atomic mass is 10.3. The molecule has 0 unspecified atom stereocenters. The maximum absolute atomic E-state index is 8.75. The molecule has 3 aromatic rings. The Balaban J connectivity index is 1.93. The van der Waals surface area contributed by atoms with E-state index in [2.05, 4.69) is 20.3 Å². The molecule has 0 aliphatic heterocycles. The lowest BCUT2D eigenvalue weighted by Gasteiger charge is -2.04. The van der Waals surface area contributed by atoms with Gasteiger partial charge in [-0.2, -0.15) is 5.26 Å². The van der Waals surface area contributed by atoms with Gasteiger partial charge in [-0.05, 0) is 12.1 Å². The first-order valence-electron chi connectivity index (χ1n) is 5.17. The van der Waals surface area contributed by atoms with Crippen LogP contribution in [0.5, 0.6) is 0 Å². The molecule has 0 saturated carbocycles. The SMILES string of the molecule is N#Cc1cc(Nc2ccc3ncoc3c2)ncn1. The van der Waals surface area contributed by atoms with Crippen molar-refractivity contribution in [1.29, 1.82) is 5.26 Å². The topological polar surface area (TPSA) is 87.6 Å². The summed E-state index contributed by atoms with van der Waals surface area (Å²) in [7, 11) is 0. The number of hydrogen-bond donors (Lipinski definition) is 1. The van der Waals surface area contributed by atoms with Crippen LogP contribution in [0.3, 0.4) is 0 Å². The van der Waals surface area contributed by atoms with Gasteiger partial charge in [0.1, 0.15) is 29.4 Å². The summed E-state index contributed by atoms with van der Waals surface area (Å²) in [4.78, 5) is 11.9. The second-order valence-electron chi connectivity index (χ2n) is 3.56. The second kappa shape index (κ2) is 4.14. The predicted octanol–water partition coefficient (Wildman–Crippen LogP) is 2.23. The molecular formula is C12H7N5O. The fourth-order valence-electron chi connectivity index (χ4n) is 1.57. The first kappa shape index (κ1) is 10.2. The summed E-state index contributed by atoms with van der Waals surface area (Å²) in [5.74, 6) is 0.556. The van der Waals surface area contributed by atoms with Crippen LogP contribution in [-0.4, -0.2) is 15.0 Å². The molecule has 0 fully saturated rings. The summed E-state index contributed by atoms with van der Waals surface area (Å²) in [5.41, 5.74) is 2.60. The number of nitrogens with zero attached hydrogens (tertiary/aromatic N) is 4. The molecule has 0 bridgehead atoms. The number of oxazole rings is 1. The van der Waals surface area contributed by atoms with Crippen molar-refractivity contribution < 1.29 is 4.42 Å². The van der Waals surface area contributed by atoms with E-state index in [-0.39, 0.29) is 0 Å². The quantitative estimate of drug-likeness (QED) is 0.735. The van der Waals surface area contributed by atoms with Crippen molar-refractivity contribution in [3.8, 4) is 6.07 Å². The molecule has 0 radical (unpaired) electrons. The number of nitriles is 1. The standard InChI is InChI=1S/C12H7N5O/c13-5-9-4-12(15-6-14-9)17-8-1-2-10-11(3-8)18-7-16-10/h1-4,6-7H,(H,14,15,17). The van der Waals surface area contributed by atoms with E-state index < -0.39 is 0 Å². The molecule has 0 spiro atoms. The summed E-state index contributed by atoms with van der Waals surface area (Å²) in [6, 6.07) is 9.05. The van der Waals surface area contributed by atoms with Gasteiger partial charge in [0, 0.05) is 17.8 Å². The molecule has 0 atom stereocenters. The van der Waals surface area contributed by atoms with Crippen molar-refractivity contribution in [2.75, 3.05) is 5.32 Å². The molecule has 2 heterocycles. The zero-order valence-corrected chi connectivity index (χ0v) is 9.16. The summed E-state index contributed by atoms with van der Waals surface area (Å²) in [6.07, 6.45) is 2.74. The molecule has 0 saturated heterocycles. The molecule has 18 heavy (non-hydrogen) atoms. The lowest BCUT2D eigenvalue weighted by molar-refractivity contribution is 0.602. The van der Waals surface area contributed by atoms with Gasteiger partial charge in [-0.3, -0.25) is 0 Å². The Morgan fingerprint density at radius 3 is 3.00 bits per heavy atom. The molecule has 0 aliphatic carbocycles. The van der Waals surface area contributed by atoms with Gasteiger partial charge in [-0.1, -0.05) is 0 Å². The number of benzene rings is 1. The van der Waals surface area contributed by atoms with Crippen molar-refractivity contribution in [2.45, 2.75) is 0 Å². The molecule has 6 heteroatoms. The van der Waals surface area contributed by atoms with Crippen LogP contribution in [0.1, 0.15) is 5.69 Å². The zero-order valence-electron chi connectivity index (χ0n) is 9.16. The van der Waals surface area contributed by atoms with Crippen LogP contribution in [-0.2, 0) is 0 Å². The third kappa shape index (κ3) is 1.85. The number of aromatic nitrogens is 3. The van der Waals surface area contributed by atoms with Crippen LogP contribution in [0.25, 0.3) is 11.1 Å². The van der Waals surface area contributed by atoms with Crippen molar-refractivity contribution in [2.24, 2.45) is 0 Å². The zero-order chi connectivity index (χ0) is 12.4. The molecule has 0 aliphatic rings. The summed E-state index contributed by atoms with van der Waals surface area (Å²) >= 11 is 0. The van der Waals surface area contributed by atoms with Gasteiger partial charge in [0.2, 0.25) is 0 Å². The van der Waals surface area contributed by atoms with E-state index in [1.807, 2.05) is 24.3 Å². The molecule has 6 nitrogen and oxygen atoms in total. The fraction of sp³-hybridized carbons (Fsp3) is 0. The second-order valence-corrected chi connectivity index (χ2v) is 3.56. The highest BCUT2D eigenvalue weighted by molar-refractivity contribution is 5.78. The Kier molecular flexibility index (Phi) is 2.35. The molecule has 86 valence electrons. The summed E-state index contributed by atoms with van der Waals surface area (Å²) < 4.78 is 5.20. The number of nitrogens with one attached hydrogen (secondary N) is 1. The van der Waals surface area contributed by atoms with E-state index in [0.717, 1.165) is 11.2 Å². The normalized spacial score (nSPS) is 10.2. The first-order chi connectivity index (χ1) is 8.85. The highest BCUT2D eigenvalue weighted by Crippen LogP contribution is 2.20. The molecule has 1 N–H and O–H groups in total. The average molecular weight is 237 g/mol. The highest BCUT2D eigenvalue weighted by atomic mass is 16.3. The van der Waals surface area contributed by atoms with E-state index >= 15 is 0 Å². The Morgan fingerprint density at radius 2 is 2.11 bits per heavy atom. The third-order valence-corrected chi connectivity index (χ3v) is 2.39. The van der Waals surface area contributed by atoms with Gasteiger partial charge in [-0.15, -0.1) is 0 Å². The van der Waals surface area contributed by atoms with Crippen LogP contribution < -0.4 is 5.32 Å². The van der Waals surface area contributed by atoms with Crippen LogP contribution >= 0.6 is 0 Å². The molecule has 0 amide bonds. The largest absolute Gasteiger partial charge is 0.443 e. The molecule has 1 aromatic carbocycles. The summed E-state index contributed by atoms with van der Waals surface area (Å²) in [6.45, 7) is 0. The monoisotopic (exact) mass is 237 g/mol. The minimum Gasteiger partial charge on any atom is -0.443 e. The molecule has 3 rings (SSSR count). The maximum atomic E-state index is 8.75. The van der Waals surface area contributed by atoms with Crippen molar-refractivity contribution in [3.05, 3.63) is 42.7 Å². The summed E-state index contributed by atoms with van der Waals surface area (Å²) in [5, 5.41) is 11.8. The highest BCUT2D eigenvalue weighted by Gasteiger charge is 2.02. The van der Waals surface area contributed by atoms with E-state index in [4.69, 9.17) is 9.68 Å². The van der Waals surface area contributed by atoms with Gasteiger partial charge in [0.15, 0.2) is 12.0 Å². The third-order valence-electron chi connectivity index (χ3n) is 2.39. The smallest absolute Gasteiger partial charge is 0.181 e. The van der Waals surface area contributed by atoms with Crippen molar-refractivity contribution >= 4 is 22.6 Å². The number of fused-ring (bicyclic) bond motifs is 1. The van der Waals surface area contributed by atoms with Crippen molar-refractivity contribution in [1.82, 2.24) is 15.0 Å². The Hall–Kier alpha value is -2.94. The first-order valence-corrected chi connectivity index (χ1v) is 5.17. The predicted molar refractivity (Wildman–Crippen MR) is 64.0 cm³/mol. The fourth-order valence-corrected chi connectivity index (χ4v) is 1.57. The minimum absolute atomic E-state index is 0.313. The van der Waals surface area contributed by atoms with Gasteiger partial charge < -0.3 is 9.73 Å². The molecular weight excluding hydrogens is 230 g/mol. The van der Waals surface area contributed by atoms with Gasteiger partial charge in [0.05, 0.1) is 0 Å². The van der Waals surface area contributed by atoms with E-state index in [1.54, 1.807) is 6.07 Å². The number of rotatable bonds is 2. The Bertz CT molecular complexity index is 743. The van der Waals surface area contributed by atoms with Crippen LogP contribution in [0.15, 0.2) is 41.4 Å². The minimum atomic E-state index is 0.313. The number of anilines is 2. The van der Waals surface area contributed by atoms with Gasteiger partial charge in [0.25, 0.3) is 0 Å². The van der Waals surface area contributed by atoms with E-state index in [0.29, 0.717) is 17.1 Å². The van der Waals surface area contributed by atoms with E-state index in [9.17, 15) is 0 Å². The van der Waals surface area contributed by atoms with Crippen molar-refractivity contribution in [3.63, 3.8) is 0 Å². The van der Waals surface area contributed by atoms with Crippen LogP contribution in [0, 0.1) is 11.3 Å². The van der Waals surface area contributed by atoms with Crippen LogP contribution in [0.4, 0.5) is 11.5 Å².